The van der Waals surface area contributed by atoms with Crippen LogP contribution >= 0.6 is 11.3 Å². The van der Waals surface area contributed by atoms with Gasteiger partial charge in [-0.1, -0.05) is 0 Å². The van der Waals surface area contributed by atoms with Gasteiger partial charge in [-0.25, -0.2) is 14.6 Å². The topological polar surface area (TPSA) is 101 Å². The fourth-order valence-corrected chi connectivity index (χ4v) is 3.17. The van der Waals surface area contributed by atoms with Crippen LogP contribution in [0.25, 0.3) is 0 Å². The number of amides is 2. The number of hydrogen-bond donors (Lipinski definition) is 3. The van der Waals surface area contributed by atoms with E-state index in [0.717, 1.165) is 19.3 Å². The van der Waals surface area contributed by atoms with E-state index in [-0.39, 0.29) is 23.9 Å². The zero-order valence-corrected chi connectivity index (χ0v) is 12.6. The maximum absolute atomic E-state index is 11.8. The first-order chi connectivity index (χ1) is 10.1. The van der Waals surface area contributed by atoms with Gasteiger partial charge in [0, 0.05) is 25.5 Å². The second kappa shape index (κ2) is 7.37. The van der Waals surface area contributed by atoms with Crippen LogP contribution in [0.15, 0.2) is 5.38 Å². The van der Waals surface area contributed by atoms with Crippen molar-refractivity contribution in [1.82, 2.24) is 15.6 Å². The summed E-state index contributed by atoms with van der Waals surface area (Å²) in [6.07, 6.45) is 3.57. The maximum atomic E-state index is 11.8. The Hall–Kier alpha value is -1.67. The predicted octanol–water partition coefficient (Wildman–Crippen LogP) is 1.25. The molecule has 1 aromatic rings. The molecule has 1 aliphatic rings. The molecule has 116 valence electrons. The van der Waals surface area contributed by atoms with Crippen LogP contribution in [0, 0.1) is 0 Å². The van der Waals surface area contributed by atoms with E-state index in [4.69, 9.17) is 9.84 Å². The monoisotopic (exact) mass is 313 g/mol. The molecule has 0 bridgehead atoms. The molecule has 7 nitrogen and oxygen atoms in total. The fraction of sp³-hybridized carbons (Fsp3) is 0.615. The largest absolute Gasteiger partial charge is 0.476 e. The van der Waals surface area contributed by atoms with Crippen molar-refractivity contribution in [2.75, 3.05) is 13.7 Å². The Labute approximate surface area is 126 Å². The summed E-state index contributed by atoms with van der Waals surface area (Å²) in [5.74, 6) is -1.03. The van der Waals surface area contributed by atoms with Crippen molar-refractivity contribution in [2.24, 2.45) is 0 Å². The standard InChI is InChI=1S/C13H19N3O4S/c1-20-10-4-2-3-8(10)16-13(19)14-6-5-11-15-9(7-21-11)12(17)18/h7-8,10H,2-6H2,1H3,(H,17,18)(H2,14,16,19). The molecule has 1 heterocycles. The molecule has 2 rings (SSSR count). The van der Waals surface area contributed by atoms with Crippen LogP contribution in [0.3, 0.4) is 0 Å². The summed E-state index contributed by atoms with van der Waals surface area (Å²) >= 11 is 1.28. The van der Waals surface area contributed by atoms with E-state index in [1.807, 2.05) is 0 Å². The lowest BCUT2D eigenvalue weighted by atomic mass is 10.2. The third-order valence-electron chi connectivity index (χ3n) is 3.47. The van der Waals surface area contributed by atoms with Crippen LogP contribution in [0.4, 0.5) is 4.79 Å². The van der Waals surface area contributed by atoms with E-state index in [9.17, 15) is 9.59 Å². The second-order valence-electron chi connectivity index (χ2n) is 4.89. The molecule has 0 aromatic carbocycles. The fourth-order valence-electron chi connectivity index (χ4n) is 2.40. The van der Waals surface area contributed by atoms with Gasteiger partial charge in [0.2, 0.25) is 0 Å². The van der Waals surface area contributed by atoms with E-state index in [1.165, 1.54) is 16.7 Å². The summed E-state index contributed by atoms with van der Waals surface area (Å²) in [5.41, 5.74) is 0.0494. The summed E-state index contributed by atoms with van der Waals surface area (Å²) in [6, 6.07) is -0.160. The molecule has 0 radical (unpaired) electrons. The molecule has 0 saturated heterocycles. The first kappa shape index (κ1) is 15.7. The molecule has 1 aromatic heterocycles. The van der Waals surface area contributed by atoms with Crippen molar-refractivity contribution in [3.63, 3.8) is 0 Å². The average molecular weight is 313 g/mol. The molecule has 2 amide bonds. The smallest absolute Gasteiger partial charge is 0.355 e. The minimum Gasteiger partial charge on any atom is -0.476 e. The molecule has 3 N–H and O–H groups in total. The van der Waals surface area contributed by atoms with E-state index in [0.29, 0.717) is 18.0 Å². The van der Waals surface area contributed by atoms with Gasteiger partial charge in [0.15, 0.2) is 5.69 Å². The number of carbonyl (C=O) groups excluding carboxylic acids is 1. The van der Waals surface area contributed by atoms with Crippen molar-refractivity contribution in [1.29, 1.82) is 0 Å². The Morgan fingerprint density at radius 3 is 3.00 bits per heavy atom. The Morgan fingerprint density at radius 2 is 2.33 bits per heavy atom. The number of carbonyl (C=O) groups is 2. The highest BCUT2D eigenvalue weighted by Gasteiger charge is 2.28. The number of ether oxygens (including phenoxy) is 1. The number of rotatable bonds is 6. The minimum atomic E-state index is -1.03. The van der Waals surface area contributed by atoms with Crippen LogP contribution in [0.5, 0.6) is 0 Å². The number of hydrogen-bond acceptors (Lipinski definition) is 5. The first-order valence-electron chi connectivity index (χ1n) is 6.85. The van der Waals surface area contributed by atoms with Crippen molar-refractivity contribution in [3.8, 4) is 0 Å². The number of nitrogens with zero attached hydrogens (tertiary/aromatic N) is 1. The van der Waals surface area contributed by atoms with Crippen molar-refractivity contribution in [3.05, 3.63) is 16.1 Å². The maximum Gasteiger partial charge on any atom is 0.355 e. The minimum absolute atomic E-state index is 0.0494. The van der Waals surface area contributed by atoms with E-state index < -0.39 is 5.97 Å². The zero-order chi connectivity index (χ0) is 15.2. The van der Waals surface area contributed by atoms with Crippen molar-refractivity contribution in [2.45, 2.75) is 37.8 Å². The van der Waals surface area contributed by atoms with Gasteiger partial charge < -0.3 is 20.5 Å². The number of thiazole rings is 1. The Kier molecular flexibility index (Phi) is 5.51. The number of aromatic nitrogens is 1. The van der Waals surface area contributed by atoms with Crippen LogP contribution < -0.4 is 10.6 Å². The Bertz CT molecular complexity index is 505. The van der Waals surface area contributed by atoms with Gasteiger partial charge in [-0.15, -0.1) is 11.3 Å². The molecule has 1 fully saturated rings. The van der Waals surface area contributed by atoms with Gasteiger partial charge in [0.1, 0.15) is 0 Å². The molecular weight excluding hydrogens is 294 g/mol. The van der Waals surface area contributed by atoms with Crippen molar-refractivity contribution < 1.29 is 19.4 Å². The van der Waals surface area contributed by atoms with Gasteiger partial charge in [-0.3, -0.25) is 0 Å². The van der Waals surface area contributed by atoms with Gasteiger partial charge in [-0.05, 0) is 19.3 Å². The van der Waals surface area contributed by atoms with Gasteiger partial charge in [0.25, 0.3) is 0 Å². The molecule has 2 unspecified atom stereocenters. The highest BCUT2D eigenvalue weighted by Crippen LogP contribution is 2.21. The third kappa shape index (κ3) is 4.40. The Morgan fingerprint density at radius 1 is 1.52 bits per heavy atom. The molecule has 0 aliphatic heterocycles. The van der Waals surface area contributed by atoms with Gasteiger partial charge in [0.05, 0.1) is 17.2 Å². The molecule has 2 atom stereocenters. The van der Waals surface area contributed by atoms with Crippen LogP contribution in [0.2, 0.25) is 0 Å². The lowest BCUT2D eigenvalue weighted by Crippen LogP contribution is -2.46. The highest BCUT2D eigenvalue weighted by molar-refractivity contribution is 7.09. The summed E-state index contributed by atoms with van der Waals surface area (Å²) in [4.78, 5) is 26.4. The summed E-state index contributed by atoms with van der Waals surface area (Å²) < 4.78 is 5.32. The second-order valence-corrected chi connectivity index (χ2v) is 5.84. The number of carboxylic acid groups (broad SMARTS) is 1. The number of nitrogens with one attached hydrogen (secondary N) is 2. The van der Waals surface area contributed by atoms with Gasteiger partial charge >= 0.3 is 12.0 Å². The lowest BCUT2D eigenvalue weighted by Gasteiger charge is -2.19. The quantitative estimate of drug-likeness (QED) is 0.734. The van der Waals surface area contributed by atoms with Gasteiger partial charge in [-0.2, -0.15) is 0 Å². The number of aromatic carboxylic acids is 1. The molecule has 0 spiro atoms. The number of urea groups is 1. The number of carboxylic acids is 1. The zero-order valence-electron chi connectivity index (χ0n) is 11.8. The van der Waals surface area contributed by atoms with Crippen LogP contribution in [-0.2, 0) is 11.2 Å². The SMILES string of the molecule is COC1CCCC1NC(=O)NCCc1nc(C(=O)O)cs1. The highest BCUT2D eigenvalue weighted by atomic mass is 32.1. The van der Waals surface area contributed by atoms with E-state index in [1.54, 1.807) is 7.11 Å². The van der Waals surface area contributed by atoms with Crippen LogP contribution in [0.1, 0.15) is 34.8 Å². The normalized spacial score (nSPS) is 21.2. The molecule has 8 heteroatoms. The first-order valence-corrected chi connectivity index (χ1v) is 7.73. The summed E-state index contributed by atoms with van der Waals surface area (Å²) in [7, 11) is 1.66. The van der Waals surface area contributed by atoms with E-state index in [2.05, 4.69) is 15.6 Å². The average Bonchev–Trinajstić information content (AvgIpc) is 3.07. The lowest BCUT2D eigenvalue weighted by molar-refractivity contribution is 0.0691. The third-order valence-corrected chi connectivity index (χ3v) is 4.38. The molecule has 21 heavy (non-hydrogen) atoms. The Balaban J connectivity index is 1.70. The predicted molar refractivity (Wildman–Crippen MR) is 77.7 cm³/mol. The molecular formula is C13H19N3O4S. The summed E-state index contributed by atoms with van der Waals surface area (Å²) in [6.45, 7) is 0.419. The molecule has 1 saturated carbocycles. The molecule has 1 aliphatic carbocycles. The summed E-state index contributed by atoms with van der Waals surface area (Å²) in [5, 5.41) is 16.6. The van der Waals surface area contributed by atoms with Crippen molar-refractivity contribution >= 4 is 23.3 Å². The van der Waals surface area contributed by atoms with Crippen LogP contribution in [-0.4, -0.2) is 47.9 Å². The van der Waals surface area contributed by atoms with E-state index >= 15 is 0 Å². The number of methoxy groups -OCH3 is 1.